The molecule has 0 unspecified atom stereocenters. The highest BCUT2D eigenvalue weighted by Crippen LogP contribution is 2.33. The van der Waals surface area contributed by atoms with Gasteiger partial charge in [-0.25, -0.2) is 0 Å². The standard InChI is InChI=1S/C10H17NO2/c1-13-10(12)9-6-7-4-2-3-5-8(7)11-9/h7-9,11H,2-6H2,1H3/t7-,8+,9-/m0/s1. The second-order valence-electron chi connectivity index (χ2n) is 4.13. The Morgan fingerprint density at radius 1 is 1.38 bits per heavy atom. The monoisotopic (exact) mass is 183 g/mol. The second-order valence-corrected chi connectivity index (χ2v) is 4.13. The average Bonchev–Trinajstić information content (AvgIpc) is 2.59. The van der Waals surface area contributed by atoms with Gasteiger partial charge in [0.15, 0.2) is 0 Å². The van der Waals surface area contributed by atoms with Gasteiger partial charge < -0.3 is 10.1 Å². The molecule has 0 amide bonds. The maximum absolute atomic E-state index is 11.3. The molecule has 0 bridgehead atoms. The van der Waals surface area contributed by atoms with Crippen LogP contribution in [0.2, 0.25) is 0 Å². The molecule has 0 aromatic carbocycles. The molecule has 1 saturated carbocycles. The third kappa shape index (κ3) is 1.70. The van der Waals surface area contributed by atoms with Gasteiger partial charge in [-0.15, -0.1) is 0 Å². The van der Waals surface area contributed by atoms with Crippen LogP contribution in [0.1, 0.15) is 32.1 Å². The highest BCUT2D eigenvalue weighted by molar-refractivity contribution is 5.76. The van der Waals surface area contributed by atoms with E-state index in [2.05, 4.69) is 5.32 Å². The quantitative estimate of drug-likeness (QED) is 0.618. The third-order valence-electron chi connectivity index (χ3n) is 3.35. The minimum Gasteiger partial charge on any atom is -0.468 e. The summed E-state index contributed by atoms with van der Waals surface area (Å²) in [4.78, 5) is 11.3. The number of rotatable bonds is 1. The first-order valence-electron chi connectivity index (χ1n) is 5.15. The first-order chi connectivity index (χ1) is 6.31. The molecule has 2 aliphatic rings. The minimum absolute atomic E-state index is 0.0295. The molecule has 1 aliphatic heterocycles. The molecular weight excluding hydrogens is 166 g/mol. The van der Waals surface area contributed by atoms with Crippen LogP contribution in [0.5, 0.6) is 0 Å². The van der Waals surface area contributed by atoms with Crippen LogP contribution in [-0.2, 0) is 9.53 Å². The van der Waals surface area contributed by atoms with Crippen LogP contribution in [0.25, 0.3) is 0 Å². The Morgan fingerprint density at radius 2 is 2.15 bits per heavy atom. The van der Waals surface area contributed by atoms with Crippen LogP contribution in [-0.4, -0.2) is 25.2 Å². The van der Waals surface area contributed by atoms with E-state index in [1.54, 1.807) is 0 Å². The Hall–Kier alpha value is -0.570. The van der Waals surface area contributed by atoms with Crippen molar-refractivity contribution in [1.29, 1.82) is 0 Å². The molecule has 2 rings (SSSR count). The topological polar surface area (TPSA) is 38.3 Å². The predicted octanol–water partition coefficient (Wildman–Crippen LogP) is 1.08. The van der Waals surface area contributed by atoms with Crippen LogP contribution >= 0.6 is 0 Å². The largest absolute Gasteiger partial charge is 0.468 e. The molecular formula is C10H17NO2. The summed E-state index contributed by atoms with van der Waals surface area (Å²) in [6.45, 7) is 0. The van der Waals surface area contributed by atoms with Gasteiger partial charge in [0.05, 0.1) is 7.11 Å². The van der Waals surface area contributed by atoms with E-state index in [1.165, 1.54) is 32.8 Å². The van der Waals surface area contributed by atoms with Gasteiger partial charge in [-0.2, -0.15) is 0 Å². The van der Waals surface area contributed by atoms with Gasteiger partial charge in [0.25, 0.3) is 0 Å². The van der Waals surface area contributed by atoms with Gasteiger partial charge in [0.1, 0.15) is 6.04 Å². The van der Waals surface area contributed by atoms with Crippen molar-refractivity contribution in [2.75, 3.05) is 7.11 Å². The Kier molecular flexibility index (Phi) is 2.54. The molecule has 0 aromatic heterocycles. The number of hydrogen-bond donors (Lipinski definition) is 1. The predicted molar refractivity (Wildman–Crippen MR) is 49.3 cm³/mol. The summed E-state index contributed by atoms with van der Waals surface area (Å²) in [5, 5.41) is 3.37. The van der Waals surface area contributed by atoms with Gasteiger partial charge in [-0.3, -0.25) is 4.79 Å². The minimum atomic E-state index is -0.0885. The zero-order valence-electron chi connectivity index (χ0n) is 8.08. The molecule has 1 saturated heterocycles. The highest BCUT2D eigenvalue weighted by Gasteiger charge is 2.38. The SMILES string of the molecule is COC(=O)[C@@H]1C[C@@H]2CCCC[C@H]2N1. The first-order valence-corrected chi connectivity index (χ1v) is 5.15. The van der Waals surface area contributed by atoms with Gasteiger partial charge in [-0.1, -0.05) is 12.8 Å². The molecule has 3 heteroatoms. The van der Waals surface area contributed by atoms with Gasteiger partial charge in [-0.05, 0) is 25.2 Å². The lowest BCUT2D eigenvalue weighted by Crippen LogP contribution is -2.37. The Balaban J connectivity index is 1.94. The molecule has 13 heavy (non-hydrogen) atoms. The number of esters is 1. The van der Waals surface area contributed by atoms with E-state index in [4.69, 9.17) is 4.74 Å². The lowest BCUT2D eigenvalue weighted by molar-refractivity contribution is -0.142. The Bertz CT molecular complexity index is 191. The van der Waals surface area contributed by atoms with E-state index < -0.39 is 0 Å². The van der Waals surface area contributed by atoms with Crippen molar-refractivity contribution in [3.05, 3.63) is 0 Å². The summed E-state index contributed by atoms with van der Waals surface area (Å²) < 4.78 is 4.74. The third-order valence-corrected chi connectivity index (χ3v) is 3.35. The van der Waals surface area contributed by atoms with Crippen LogP contribution in [0.3, 0.4) is 0 Å². The van der Waals surface area contributed by atoms with Crippen LogP contribution in [0.4, 0.5) is 0 Å². The average molecular weight is 183 g/mol. The summed E-state index contributed by atoms with van der Waals surface area (Å²) in [5.41, 5.74) is 0. The molecule has 1 heterocycles. The number of carbonyl (C=O) groups is 1. The number of hydrogen-bond acceptors (Lipinski definition) is 3. The fourth-order valence-electron chi connectivity index (χ4n) is 2.64. The number of ether oxygens (including phenoxy) is 1. The van der Waals surface area contributed by atoms with E-state index in [0.717, 1.165) is 12.3 Å². The zero-order valence-corrected chi connectivity index (χ0v) is 8.08. The summed E-state index contributed by atoms with van der Waals surface area (Å²) in [6, 6.07) is 0.552. The summed E-state index contributed by atoms with van der Waals surface area (Å²) in [6.07, 6.45) is 6.14. The van der Waals surface area contributed by atoms with E-state index in [9.17, 15) is 4.79 Å². The van der Waals surface area contributed by atoms with Crippen LogP contribution < -0.4 is 5.32 Å². The van der Waals surface area contributed by atoms with Crippen molar-refractivity contribution in [3.8, 4) is 0 Å². The van der Waals surface area contributed by atoms with Crippen molar-refractivity contribution in [1.82, 2.24) is 5.32 Å². The number of nitrogens with one attached hydrogen (secondary N) is 1. The maximum atomic E-state index is 11.3. The van der Waals surface area contributed by atoms with Crippen LogP contribution in [0, 0.1) is 5.92 Å². The van der Waals surface area contributed by atoms with Crippen molar-refractivity contribution in [2.24, 2.45) is 5.92 Å². The Labute approximate surface area is 78.8 Å². The first kappa shape index (κ1) is 9.00. The number of carbonyl (C=O) groups excluding carboxylic acids is 1. The molecule has 3 atom stereocenters. The Morgan fingerprint density at radius 3 is 2.85 bits per heavy atom. The fourth-order valence-corrected chi connectivity index (χ4v) is 2.64. The molecule has 0 aromatic rings. The molecule has 2 fully saturated rings. The molecule has 3 nitrogen and oxygen atoms in total. The van der Waals surface area contributed by atoms with E-state index >= 15 is 0 Å². The van der Waals surface area contributed by atoms with Crippen molar-refractivity contribution in [3.63, 3.8) is 0 Å². The van der Waals surface area contributed by atoms with Gasteiger partial charge in [0.2, 0.25) is 0 Å². The lowest BCUT2D eigenvalue weighted by atomic mass is 9.85. The van der Waals surface area contributed by atoms with E-state index in [-0.39, 0.29) is 12.0 Å². The van der Waals surface area contributed by atoms with E-state index in [1.807, 2.05) is 0 Å². The zero-order chi connectivity index (χ0) is 9.26. The summed E-state index contributed by atoms with van der Waals surface area (Å²) in [7, 11) is 1.46. The van der Waals surface area contributed by atoms with Crippen molar-refractivity contribution < 1.29 is 9.53 Å². The molecule has 74 valence electrons. The fraction of sp³-hybridized carbons (Fsp3) is 0.900. The highest BCUT2D eigenvalue weighted by atomic mass is 16.5. The molecule has 0 spiro atoms. The summed E-state index contributed by atoms with van der Waals surface area (Å²) in [5.74, 6) is 0.632. The van der Waals surface area contributed by atoms with Gasteiger partial charge >= 0.3 is 5.97 Å². The number of methoxy groups -OCH3 is 1. The molecule has 1 N–H and O–H groups in total. The number of fused-ring (bicyclic) bond motifs is 1. The van der Waals surface area contributed by atoms with Gasteiger partial charge in [0, 0.05) is 6.04 Å². The van der Waals surface area contributed by atoms with E-state index in [0.29, 0.717) is 6.04 Å². The smallest absolute Gasteiger partial charge is 0.322 e. The normalized spacial score (nSPS) is 38.4. The van der Waals surface area contributed by atoms with Crippen molar-refractivity contribution in [2.45, 2.75) is 44.2 Å². The molecule has 1 aliphatic carbocycles. The van der Waals surface area contributed by atoms with Crippen LogP contribution in [0.15, 0.2) is 0 Å². The molecule has 0 radical (unpaired) electrons. The van der Waals surface area contributed by atoms with Crippen molar-refractivity contribution >= 4 is 5.97 Å². The maximum Gasteiger partial charge on any atom is 0.322 e. The summed E-state index contributed by atoms with van der Waals surface area (Å²) >= 11 is 0. The lowest BCUT2D eigenvalue weighted by Gasteiger charge is -2.24. The second kappa shape index (κ2) is 3.66.